The van der Waals surface area contributed by atoms with E-state index in [1.807, 2.05) is 30.3 Å². The Morgan fingerprint density at radius 2 is 1.88 bits per heavy atom. The molecule has 1 aromatic carbocycles. The highest BCUT2D eigenvalue weighted by molar-refractivity contribution is 5.92. The van der Waals surface area contributed by atoms with Gasteiger partial charge in [-0.25, -0.2) is 0 Å². The number of benzene rings is 1. The Balaban J connectivity index is 0.000000686. The van der Waals surface area contributed by atoms with Crippen molar-refractivity contribution in [1.29, 1.82) is 0 Å². The summed E-state index contributed by atoms with van der Waals surface area (Å²) in [5.74, 6) is -0.121. The van der Waals surface area contributed by atoms with Crippen LogP contribution in [0.4, 0.5) is 0 Å². The molecule has 1 saturated heterocycles. The van der Waals surface area contributed by atoms with Crippen molar-refractivity contribution in [2.75, 3.05) is 20.2 Å². The number of nitrogens with one attached hydrogen (secondary N) is 1. The van der Waals surface area contributed by atoms with Crippen molar-refractivity contribution in [3.8, 4) is 0 Å². The summed E-state index contributed by atoms with van der Waals surface area (Å²) in [5, 5.41) is 9.52. The molecule has 2 amide bonds. The van der Waals surface area contributed by atoms with Crippen molar-refractivity contribution >= 4 is 11.8 Å². The number of hydrogen-bond donors (Lipinski definition) is 2. The predicted molar refractivity (Wildman–Crippen MR) is 63.0 cm³/mol. The summed E-state index contributed by atoms with van der Waals surface area (Å²) in [6, 6.07) is 9.65. The van der Waals surface area contributed by atoms with Gasteiger partial charge in [0.25, 0.3) is 0 Å². The second-order valence-electron chi connectivity index (χ2n) is 3.51. The first-order valence-corrected chi connectivity index (χ1v) is 5.29. The Morgan fingerprint density at radius 3 is 2.53 bits per heavy atom. The van der Waals surface area contributed by atoms with Crippen LogP contribution in [0.25, 0.3) is 0 Å². The first-order chi connectivity index (χ1) is 8.25. The molecule has 1 aliphatic heterocycles. The van der Waals surface area contributed by atoms with Gasteiger partial charge in [-0.1, -0.05) is 30.3 Å². The molecule has 5 nitrogen and oxygen atoms in total. The number of nitrogens with zero attached hydrogens (tertiary/aromatic N) is 1. The lowest BCUT2D eigenvalue weighted by molar-refractivity contribution is -0.141. The van der Waals surface area contributed by atoms with E-state index in [1.54, 1.807) is 4.90 Å². The summed E-state index contributed by atoms with van der Waals surface area (Å²) in [4.78, 5) is 24.1. The molecule has 17 heavy (non-hydrogen) atoms. The zero-order chi connectivity index (χ0) is 12.7. The average Bonchev–Trinajstić information content (AvgIpc) is 2.38. The van der Waals surface area contributed by atoms with Crippen LogP contribution in [0, 0.1) is 0 Å². The van der Waals surface area contributed by atoms with Gasteiger partial charge in [0.05, 0.1) is 13.1 Å². The maximum absolute atomic E-state index is 11.5. The summed E-state index contributed by atoms with van der Waals surface area (Å²) in [6.45, 7) is 0.784. The van der Waals surface area contributed by atoms with Crippen LogP contribution < -0.4 is 5.32 Å². The zero-order valence-corrected chi connectivity index (χ0v) is 9.72. The molecule has 0 saturated carbocycles. The molecule has 0 spiro atoms. The molecule has 0 aliphatic carbocycles. The molecular formula is C12H16N2O3. The lowest BCUT2D eigenvalue weighted by Crippen LogP contribution is -2.50. The smallest absolute Gasteiger partial charge is 0.242 e. The lowest BCUT2D eigenvalue weighted by atomic mass is 10.2. The zero-order valence-electron chi connectivity index (χ0n) is 9.72. The molecule has 0 bridgehead atoms. The second kappa shape index (κ2) is 6.65. The highest BCUT2D eigenvalue weighted by Gasteiger charge is 2.22. The molecule has 5 heteroatoms. The number of aliphatic hydroxyl groups is 1. The molecular weight excluding hydrogens is 220 g/mol. The highest BCUT2D eigenvalue weighted by atomic mass is 16.2. The van der Waals surface area contributed by atoms with Crippen LogP contribution in [0.1, 0.15) is 5.56 Å². The third-order valence-corrected chi connectivity index (χ3v) is 2.34. The van der Waals surface area contributed by atoms with Gasteiger partial charge in [0.15, 0.2) is 0 Å². The molecule has 2 N–H and O–H groups in total. The normalized spacial score (nSPS) is 14.8. The van der Waals surface area contributed by atoms with E-state index in [2.05, 4.69) is 5.32 Å². The van der Waals surface area contributed by atoms with Crippen LogP contribution in [-0.4, -0.2) is 42.0 Å². The van der Waals surface area contributed by atoms with E-state index in [9.17, 15) is 9.59 Å². The van der Waals surface area contributed by atoms with Crippen molar-refractivity contribution in [2.24, 2.45) is 0 Å². The lowest BCUT2D eigenvalue weighted by Gasteiger charge is -2.26. The van der Waals surface area contributed by atoms with E-state index in [1.165, 1.54) is 0 Å². The number of amides is 2. The summed E-state index contributed by atoms with van der Waals surface area (Å²) in [6.07, 6.45) is 0. The number of carbonyl (C=O) groups excluding carboxylic acids is 2. The Morgan fingerprint density at radius 1 is 1.24 bits per heavy atom. The molecule has 1 fully saturated rings. The Labute approximate surface area is 100 Å². The van der Waals surface area contributed by atoms with Crippen molar-refractivity contribution in [3.05, 3.63) is 35.9 Å². The minimum Gasteiger partial charge on any atom is -0.400 e. The van der Waals surface area contributed by atoms with E-state index in [0.29, 0.717) is 6.54 Å². The van der Waals surface area contributed by atoms with Crippen LogP contribution in [0.5, 0.6) is 0 Å². The van der Waals surface area contributed by atoms with Crippen LogP contribution in [0.3, 0.4) is 0 Å². The molecule has 92 valence electrons. The number of piperazine rings is 1. The number of aliphatic hydroxyl groups excluding tert-OH is 1. The number of hydrogen-bond acceptors (Lipinski definition) is 3. The Bertz CT molecular complexity index is 379. The molecule has 0 aromatic heterocycles. The van der Waals surface area contributed by atoms with Crippen LogP contribution in [-0.2, 0) is 16.1 Å². The standard InChI is InChI=1S/C11H12N2O2.CH4O/c14-10-8-13(11(15)6-12-10)7-9-4-2-1-3-5-9;1-2/h1-5H,6-8H2,(H,12,14);2H,1H3. The van der Waals surface area contributed by atoms with Crippen molar-refractivity contribution < 1.29 is 14.7 Å². The van der Waals surface area contributed by atoms with Gasteiger partial charge >= 0.3 is 0 Å². The van der Waals surface area contributed by atoms with Gasteiger partial charge in [0.1, 0.15) is 0 Å². The summed E-state index contributed by atoms with van der Waals surface area (Å²) in [5.41, 5.74) is 1.04. The van der Waals surface area contributed by atoms with Crippen LogP contribution in [0.15, 0.2) is 30.3 Å². The SMILES string of the molecule is CO.O=C1CN(Cc2ccccc2)C(=O)CN1. The third-order valence-electron chi connectivity index (χ3n) is 2.34. The maximum Gasteiger partial charge on any atom is 0.242 e. The van der Waals surface area contributed by atoms with E-state index in [4.69, 9.17) is 5.11 Å². The fourth-order valence-electron chi connectivity index (χ4n) is 1.55. The van der Waals surface area contributed by atoms with Crippen LogP contribution >= 0.6 is 0 Å². The summed E-state index contributed by atoms with van der Waals surface area (Å²) >= 11 is 0. The fourth-order valence-corrected chi connectivity index (χ4v) is 1.55. The Hall–Kier alpha value is -1.88. The van der Waals surface area contributed by atoms with Gasteiger partial charge in [-0.15, -0.1) is 0 Å². The molecule has 1 aliphatic rings. The first kappa shape index (κ1) is 13.2. The van der Waals surface area contributed by atoms with Crippen LogP contribution in [0.2, 0.25) is 0 Å². The summed E-state index contributed by atoms with van der Waals surface area (Å²) in [7, 11) is 1.00. The van der Waals surface area contributed by atoms with Gasteiger partial charge < -0.3 is 15.3 Å². The second-order valence-corrected chi connectivity index (χ2v) is 3.51. The van der Waals surface area contributed by atoms with Gasteiger partial charge in [0.2, 0.25) is 11.8 Å². The molecule has 1 aromatic rings. The van der Waals surface area contributed by atoms with E-state index < -0.39 is 0 Å². The van der Waals surface area contributed by atoms with E-state index >= 15 is 0 Å². The third kappa shape index (κ3) is 3.88. The maximum atomic E-state index is 11.5. The van der Waals surface area contributed by atoms with Gasteiger partial charge in [-0.3, -0.25) is 9.59 Å². The minimum atomic E-state index is -0.0921. The largest absolute Gasteiger partial charge is 0.400 e. The quantitative estimate of drug-likeness (QED) is 0.744. The number of carbonyl (C=O) groups is 2. The fraction of sp³-hybridized carbons (Fsp3) is 0.333. The monoisotopic (exact) mass is 236 g/mol. The molecule has 0 radical (unpaired) electrons. The van der Waals surface area contributed by atoms with Crippen molar-refractivity contribution in [3.63, 3.8) is 0 Å². The van der Waals surface area contributed by atoms with Gasteiger partial charge in [-0.05, 0) is 5.56 Å². The molecule has 0 atom stereocenters. The predicted octanol–water partition coefficient (Wildman–Crippen LogP) is -0.247. The Kier molecular flexibility index (Phi) is 5.16. The van der Waals surface area contributed by atoms with Gasteiger partial charge in [-0.2, -0.15) is 0 Å². The minimum absolute atomic E-state index is 0.0292. The average molecular weight is 236 g/mol. The van der Waals surface area contributed by atoms with E-state index in [-0.39, 0.29) is 24.9 Å². The topological polar surface area (TPSA) is 69.6 Å². The molecule has 0 unspecified atom stereocenters. The molecule has 2 rings (SSSR count). The summed E-state index contributed by atoms with van der Waals surface area (Å²) < 4.78 is 0. The van der Waals surface area contributed by atoms with Gasteiger partial charge in [0, 0.05) is 13.7 Å². The van der Waals surface area contributed by atoms with Crippen molar-refractivity contribution in [1.82, 2.24) is 10.2 Å². The van der Waals surface area contributed by atoms with E-state index in [0.717, 1.165) is 12.7 Å². The highest BCUT2D eigenvalue weighted by Crippen LogP contribution is 2.05. The van der Waals surface area contributed by atoms with Crippen molar-refractivity contribution in [2.45, 2.75) is 6.54 Å². The first-order valence-electron chi connectivity index (χ1n) is 5.29. The number of rotatable bonds is 2. The molecule has 1 heterocycles.